The lowest BCUT2D eigenvalue weighted by atomic mass is 10.00. The molecule has 0 bridgehead atoms. The second-order valence-corrected chi connectivity index (χ2v) is 6.48. The van der Waals surface area contributed by atoms with E-state index in [4.69, 9.17) is 0 Å². The van der Waals surface area contributed by atoms with Gasteiger partial charge in [-0.05, 0) is 50.8 Å². The number of hydrogen-bond donors (Lipinski definition) is 2. The van der Waals surface area contributed by atoms with Gasteiger partial charge in [0.25, 0.3) is 0 Å². The Kier molecular flexibility index (Phi) is 5.65. The molecule has 0 spiro atoms. The van der Waals surface area contributed by atoms with Crippen molar-refractivity contribution in [3.8, 4) is 0 Å². The van der Waals surface area contributed by atoms with Crippen LogP contribution in [0.2, 0.25) is 0 Å². The maximum absolute atomic E-state index is 10.4. The number of nitrogens with one attached hydrogen (secondary N) is 1. The monoisotopic (exact) mass is 290 g/mol. The minimum Gasteiger partial charge on any atom is -0.388 e. The number of benzene rings is 1. The third-order valence-electron chi connectivity index (χ3n) is 4.51. The minimum absolute atomic E-state index is 0.442. The SMILES string of the molecule is CCCNC1CCCN(CC(C)(O)CC)c2ccccc21. The summed E-state index contributed by atoms with van der Waals surface area (Å²) in [4.78, 5) is 2.37. The predicted octanol–water partition coefficient (Wildman–Crippen LogP) is 3.49. The third-order valence-corrected chi connectivity index (χ3v) is 4.51. The van der Waals surface area contributed by atoms with Gasteiger partial charge in [0.05, 0.1) is 5.60 Å². The fourth-order valence-electron chi connectivity index (χ4n) is 3.05. The van der Waals surface area contributed by atoms with Gasteiger partial charge in [-0.3, -0.25) is 0 Å². The molecule has 0 fully saturated rings. The normalized spacial score (nSPS) is 21.5. The van der Waals surface area contributed by atoms with Gasteiger partial charge in [0.2, 0.25) is 0 Å². The van der Waals surface area contributed by atoms with Crippen LogP contribution in [0.1, 0.15) is 58.1 Å². The highest BCUT2D eigenvalue weighted by Gasteiger charge is 2.27. The molecule has 0 saturated carbocycles. The highest BCUT2D eigenvalue weighted by molar-refractivity contribution is 5.56. The number of aliphatic hydroxyl groups is 1. The molecule has 1 aliphatic heterocycles. The van der Waals surface area contributed by atoms with Crippen LogP contribution in [-0.2, 0) is 0 Å². The van der Waals surface area contributed by atoms with Crippen LogP contribution in [0.25, 0.3) is 0 Å². The smallest absolute Gasteiger partial charge is 0.0791 e. The third kappa shape index (κ3) is 4.21. The molecule has 1 aromatic carbocycles. The van der Waals surface area contributed by atoms with Crippen LogP contribution in [0.3, 0.4) is 0 Å². The molecule has 2 unspecified atom stereocenters. The van der Waals surface area contributed by atoms with Crippen molar-refractivity contribution in [1.29, 1.82) is 0 Å². The first-order valence-corrected chi connectivity index (χ1v) is 8.37. The Morgan fingerprint density at radius 1 is 1.33 bits per heavy atom. The molecule has 0 aromatic heterocycles. The van der Waals surface area contributed by atoms with Gasteiger partial charge in [-0.2, -0.15) is 0 Å². The molecule has 1 heterocycles. The summed E-state index contributed by atoms with van der Waals surface area (Å²) in [5.74, 6) is 0. The van der Waals surface area contributed by atoms with Gasteiger partial charge in [0.15, 0.2) is 0 Å². The topological polar surface area (TPSA) is 35.5 Å². The average Bonchev–Trinajstić information content (AvgIpc) is 2.65. The highest BCUT2D eigenvalue weighted by Crippen LogP contribution is 2.33. The first-order valence-electron chi connectivity index (χ1n) is 8.37. The lowest BCUT2D eigenvalue weighted by molar-refractivity contribution is 0.0630. The summed E-state index contributed by atoms with van der Waals surface area (Å²) >= 11 is 0. The second kappa shape index (κ2) is 7.28. The standard InChI is InChI=1S/C18H30N2O/c1-4-12-19-16-10-8-13-20(14-18(3,21)5-2)17-11-7-6-9-15(16)17/h6-7,9,11,16,19,21H,4-5,8,10,12-14H2,1-3H3. The number of anilines is 1. The second-order valence-electron chi connectivity index (χ2n) is 6.48. The quantitative estimate of drug-likeness (QED) is 0.842. The van der Waals surface area contributed by atoms with Crippen molar-refractivity contribution in [2.45, 2.75) is 58.1 Å². The summed E-state index contributed by atoms with van der Waals surface area (Å²) in [6, 6.07) is 9.11. The maximum atomic E-state index is 10.4. The number of nitrogens with zero attached hydrogens (tertiary/aromatic N) is 1. The van der Waals surface area contributed by atoms with Crippen LogP contribution in [0.15, 0.2) is 24.3 Å². The summed E-state index contributed by atoms with van der Waals surface area (Å²) in [5, 5.41) is 14.1. The first kappa shape index (κ1) is 16.3. The van der Waals surface area contributed by atoms with E-state index in [1.807, 2.05) is 6.92 Å². The Bertz CT molecular complexity index is 445. The fraction of sp³-hybridized carbons (Fsp3) is 0.667. The van der Waals surface area contributed by atoms with Crippen molar-refractivity contribution in [3.05, 3.63) is 29.8 Å². The minimum atomic E-state index is -0.621. The van der Waals surface area contributed by atoms with Crippen LogP contribution >= 0.6 is 0 Å². The zero-order chi connectivity index (χ0) is 15.3. The molecule has 3 heteroatoms. The average molecular weight is 290 g/mol. The van der Waals surface area contributed by atoms with Crippen LogP contribution < -0.4 is 10.2 Å². The molecular weight excluding hydrogens is 260 g/mol. The zero-order valence-electron chi connectivity index (χ0n) is 13.7. The van der Waals surface area contributed by atoms with Gasteiger partial charge in [0, 0.05) is 24.8 Å². The molecule has 21 heavy (non-hydrogen) atoms. The molecule has 2 rings (SSSR count). The number of hydrogen-bond acceptors (Lipinski definition) is 3. The van der Waals surface area contributed by atoms with Crippen molar-refractivity contribution >= 4 is 5.69 Å². The largest absolute Gasteiger partial charge is 0.388 e. The van der Waals surface area contributed by atoms with Crippen LogP contribution in [0.4, 0.5) is 5.69 Å². The van der Waals surface area contributed by atoms with Crippen LogP contribution in [0, 0.1) is 0 Å². The van der Waals surface area contributed by atoms with Gasteiger partial charge in [-0.1, -0.05) is 32.0 Å². The van der Waals surface area contributed by atoms with Gasteiger partial charge in [0.1, 0.15) is 0 Å². The van der Waals surface area contributed by atoms with E-state index in [0.29, 0.717) is 12.6 Å². The van der Waals surface area contributed by atoms with Crippen molar-refractivity contribution in [2.75, 3.05) is 24.5 Å². The van der Waals surface area contributed by atoms with Crippen molar-refractivity contribution in [1.82, 2.24) is 5.32 Å². The van der Waals surface area contributed by atoms with E-state index in [1.165, 1.54) is 17.7 Å². The summed E-state index contributed by atoms with van der Waals surface area (Å²) in [6.45, 7) is 8.99. The molecule has 118 valence electrons. The van der Waals surface area contributed by atoms with Crippen LogP contribution in [0.5, 0.6) is 0 Å². The van der Waals surface area contributed by atoms with E-state index in [2.05, 4.69) is 48.3 Å². The zero-order valence-corrected chi connectivity index (χ0v) is 13.7. The Hall–Kier alpha value is -1.06. The van der Waals surface area contributed by atoms with Crippen molar-refractivity contribution in [3.63, 3.8) is 0 Å². The van der Waals surface area contributed by atoms with E-state index in [-0.39, 0.29) is 0 Å². The van der Waals surface area contributed by atoms with E-state index >= 15 is 0 Å². The van der Waals surface area contributed by atoms with Gasteiger partial charge in [-0.25, -0.2) is 0 Å². The number of fused-ring (bicyclic) bond motifs is 1. The van der Waals surface area contributed by atoms with Gasteiger partial charge >= 0.3 is 0 Å². The highest BCUT2D eigenvalue weighted by atomic mass is 16.3. The molecule has 1 aromatic rings. The summed E-state index contributed by atoms with van der Waals surface area (Å²) in [6.07, 6.45) is 4.27. The molecule has 0 saturated heterocycles. The Morgan fingerprint density at radius 2 is 2.10 bits per heavy atom. The lowest BCUT2D eigenvalue weighted by Crippen LogP contribution is -2.41. The Labute approximate surface area is 129 Å². The predicted molar refractivity (Wildman–Crippen MR) is 89.8 cm³/mol. The molecule has 0 aliphatic carbocycles. The Balaban J connectivity index is 2.24. The lowest BCUT2D eigenvalue weighted by Gasteiger charge is -2.33. The number of β-amino-alcohol motifs (C(OH)–C–C–N with tert-alkyl or cyclic N) is 1. The van der Waals surface area contributed by atoms with Crippen LogP contribution in [-0.4, -0.2) is 30.3 Å². The summed E-state index contributed by atoms with van der Waals surface area (Å²) in [5.41, 5.74) is 2.05. The number of rotatable bonds is 6. The molecule has 0 amide bonds. The van der Waals surface area contributed by atoms with E-state index in [9.17, 15) is 5.11 Å². The molecule has 1 aliphatic rings. The molecule has 0 radical (unpaired) electrons. The molecular formula is C18H30N2O. The van der Waals surface area contributed by atoms with E-state index < -0.39 is 5.60 Å². The van der Waals surface area contributed by atoms with Gasteiger partial charge in [-0.15, -0.1) is 0 Å². The Morgan fingerprint density at radius 3 is 2.81 bits per heavy atom. The molecule has 2 N–H and O–H groups in total. The molecule has 3 nitrogen and oxygen atoms in total. The number of para-hydroxylation sites is 1. The van der Waals surface area contributed by atoms with Crippen molar-refractivity contribution in [2.24, 2.45) is 0 Å². The van der Waals surface area contributed by atoms with E-state index in [0.717, 1.165) is 32.4 Å². The maximum Gasteiger partial charge on any atom is 0.0791 e. The van der Waals surface area contributed by atoms with Crippen molar-refractivity contribution < 1.29 is 5.11 Å². The first-order chi connectivity index (χ1) is 10.1. The molecule has 2 atom stereocenters. The fourth-order valence-corrected chi connectivity index (χ4v) is 3.05. The van der Waals surface area contributed by atoms with E-state index in [1.54, 1.807) is 0 Å². The summed E-state index contributed by atoms with van der Waals surface area (Å²) in [7, 11) is 0. The summed E-state index contributed by atoms with van der Waals surface area (Å²) < 4.78 is 0. The van der Waals surface area contributed by atoms with Gasteiger partial charge < -0.3 is 15.3 Å².